The summed E-state index contributed by atoms with van der Waals surface area (Å²) in [6.45, 7) is 2.15. The zero-order valence-electron chi connectivity index (χ0n) is 9.47. The largest absolute Gasteiger partial charge is 0.755 e. The van der Waals surface area contributed by atoms with E-state index in [9.17, 15) is 13.6 Å². The average molecular weight is 256 g/mol. The highest BCUT2D eigenvalue weighted by molar-refractivity contribution is 7.80. The Morgan fingerprint density at radius 2 is 2.06 bits per heavy atom. The monoisotopic (exact) mass is 256 g/mol. The fourth-order valence-electron chi connectivity index (χ4n) is 1.32. The Morgan fingerprint density at radius 3 is 2.59 bits per heavy atom. The molecule has 94 valence electrons. The predicted molar refractivity (Wildman–Crippen MR) is 63.9 cm³/mol. The topological polar surface area (TPSA) is 78.5 Å². The number of benzene rings is 1. The normalized spacial score (nSPS) is 11.9. The Morgan fingerprint density at radius 1 is 1.41 bits per heavy atom. The van der Waals surface area contributed by atoms with Crippen molar-refractivity contribution < 1.29 is 18.3 Å². The van der Waals surface area contributed by atoms with Gasteiger partial charge in [0.2, 0.25) is 0 Å². The van der Waals surface area contributed by atoms with Crippen LogP contribution in [0, 0.1) is 0 Å². The summed E-state index contributed by atoms with van der Waals surface area (Å²) in [6, 6.07) is 6.84. The number of ether oxygens (including phenoxy) is 1. The number of nitrogens with one attached hydrogen (secondary N) is 1. The van der Waals surface area contributed by atoms with Crippen molar-refractivity contribution in [3.05, 3.63) is 29.8 Å². The predicted octanol–water partition coefficient (Wildman–Crippen LogP) is 1.39. The number of carbonyl (C=O) groups excluding carboxylic acids is 1. The summed E-state index contributed by atoms with van der Waals surface area (Å²) in [5, 5.41) is 0. The lowest BCUT2D eigenvalue weighted by Gasteiger charge is -2.09. The third-order valence-corrected chi connectivity index (χ3v) is 2.48. The van der Waals surface area contributed by atoms with E-state index in [2.05, 4.69) is 4.72 Å². The van der Waals surface area contributed by atoms with Crippen LogP contribution in [0.1, 0.15) is 18.9 Å². The van der Waals surface area contributed by atoms with E-state index in [0.29, 0.717) is 25.1 Å². The molecule has 0 bridgehead atoms. The molecule has 1 N–H and O–H groups in total. The fraction of sp³-hybridized carbons (Fsp3) is 0.364. The summed E-state index contributed by atoms with van der Waals surface area (Å²) in [5.41, 5.74) is 1.46. The van der Waals surface area contributed by atoms with Crippen molar-refractivity contribution in [1.29, 1.82) is 0 Å². The van der Waals surface area contributed by atoms with E-state index in [1.165, 1.54) is 0 Å². The van der Waals surface area contributed by atoms with Gasteiger partial charge in [0.15, 0.2) is 0 Å². The minimum atomic E-state index is -2.31. The minimum absolute atomic E-state index is 0.227. The highest BCUT2D eigenvalue weighted by Gasteiger charge is 2.02. The zero-order chi connectivity index (χ0) is 12.7. The van der Waals surface area contributed by atoms with Crippen molar-refractivity contribution in [2.75, 3.05) is 11.3 Å². The molecule has 5 nitrogen and oxygen atoms in total. The van der Waals surface area contributed by atoms with Crippen LogP contribution in [0.15, 0.2) is 24.3 Å². The van der Waals surface area contributed by atoms with Gasteiger partial charge in [0, 0.05) is 23.4 Å². The molecule has 0 amide bonds. The zero-order valence-corrected chi connectivity index (χ0v) is 10.3. The quantitative estimate of drug-likeness (QED) is 0.616. The van der Waals surface area contributed by atoms with Crippen molar-refractivity contribution in [2.24, 2.45) is 0 Å². The second-order valence-electron chi connectivity index (χ2n) is 3.34. The first-order chi connectivity index (χ1) is 8.11. The van der Waals surface area contributed by atoms with Crippen LogP contribution in [0.4, 0.5) is 5.69 Å². The first kappa shape index (κ1) is 13.7. The molecular weight excluding hydrogens is 242 g/mol. The van der Waals surface area contributed by atoms with Crippen LogP contribution in [0.5, 0.6) is 0 Å². The van der Waals surface area contributed by atoms with Gasteiger partial charge in [-0.2, -0.15) is 0 Å². The Hall–Kier alpha value is -1.40. The molecule has 0 fully saturated rings. The van der Waals surface area contributed by atoms with E-state index in [-0.39, 0.29) is 5.97 Å². The third kappa shape index (κ3) is 5.46. The Bertz CT molecular complexity index is 391. The summed E-state index contributed by atoms with van der Waals surface area (Å²) in [4.78, 5) is 11.1. The first-order valence-corrected chi connectivity index (χ1v) is 6.29. The summed E-state index contributed by atoms with van der Waals surface area (Å²) in [6.07, 6.45) is 0.910. The van der Waals surface area contributed by atoms with Gasteiger partial charge in [-0.1, -0.05) is 12.1 Å². The van der Waals surface area contributed by atoms with Crippen molar-refractivity contribution in [3.63, 3.8) is 0 Å². The maximum absolute atomic E-state index is 11.1. The number of hydrogen-bond acceptors (Lipinski definition) is 4. The van der Waals surface area contributed by atoms with Crippen molar-refractivity contribution in [3.8, 4) is 0 Å². The van der Waals surface area contributed by atoms with Crippen LogP contribution in [0.25, 0.3) is 0 Å². The van der Waals surface area contributed by atoms with Crippen LogP contribution in [0.3, 0.4) is 0 Å². The molecule has 1 atom stereocenters. The summed E-state index contributed by atoms with van der Waals surface area (Å²) < 4.78 is 27.8. The standard InChI is InChI=1S/C11H15NO4S/c1-2-16-11(13)8-5-9-3-6-10(7-4-9)12-17(14)15/h3-4,6-7,12H,2,5,8H2,1H3,(H,14,15)/p-1. The SMILES string of the molecule is CCOC(=O)CCc1ccc(NS(=O)[O-])cc1. The second-order valence-corrected chi connectivity index (χ2v) is 4.01. The van der Waals surface area contributed by atoms with E-state index in [1.54, 1.807) is 31.2 Å². The van der Waals surface area contributed by atoms with Crippen molar-refractivity contribution in [1.82, 2.24) is 0 Å². The Labute approximate surface area is 103 Å². The van der Waals surface area contributed by atoms with Gasteiger partial charge in [-0.3, -0.25) is 9.00 Å². The molecule has 0 saturated heterocycles. The van der Waals surface area contributed by atoms with Crippen LogP contribution in [0.2, 0.25) is 0 Å². The molecule has 17 heavy (non-hydrogen) atoms. The maximum atomic E-state index is 11.1. The summed E-state index contributed by atoms with van der Waals surface area (Å²) >= 11 is -2.31. The van der Waals surface area contributed by atoms with Gasteiger partial charge < -0.3 is 14.0 Å². The molecule has 0 aliphatic heterocycles. The number of rotatable bonds is 6. The average Bonchev–Trinajstić information content (AvgIpc) is 2.28. The van der Waals surface area contributed by atoms with E-state index in [0.717, 1.165) is 5.56 Å². The van der Waals surface area contributed by atoms with Gasteiger partial charge >= 0.3 is 5.97 Å². The fourth-order valence-corrected chi connectivity index (χ4v) is 1.64. The molecule has 1 aromatic carbocycles. The van der Waals surface area contributed by atoms with E-state index in [4.69, 9.17) is 4.74 Å². The molecule has 0 aliphatic rings. The third-order valence-electron chi connectivity index (χ3n) is 2.08. The van der Waals surface area contributed by atoms with E-state index in [1.807, 2.05) is 0 Å². The number of anilines is 1. The highest BCUT2D eigenvalue weighted by Crippen LogP contribution is 2.11. The molecule has 0 aliphatic carbocycles. The molecule has 1 unspecified atom stereocenters. The van der Waals surface area contributed by atoms with E-state index >= 15 is 0 Å². The molecular formula is C11H14NO4S-. The summed E-state index contributed by atoms with van der Waals surface area (Å²) in [7, 11) is 0. The molecule has 6 heteroatoms. The number of esters is 1. The lowest BCUT2D eigenvalue weighted by Crippen LogP contribution is -2.05. The van der Waals surface area contributed by atoms with Gasteiger partial charge in [0.05, 0.1) is 6.61 Å². The van der Waals surface area contributed by atoms with Gasteiger partial charge in [-0.15, -0.1) is 0 Å². The number of carbonyl (C=O) groups is 1. The molecule has 1 rings (SSSR count). The molecule has 0 spiro atoms. The maximum Gasteiger partial charge on any atom is 0.306 e. The van der Waals surface area contributed by atoms with Crippen LogP contribution in [-0.4, -0.2) is 21.3 Å². The molecule has 1 aromatic rings. The first-order valence-electron chi connectivity index (χ1n) is 5.22. The molecule has 0 aromatic heterocycles. The molecule has 0 radical (unpaired) electrons. The van der Waals surface area contributed by atoms with Crippen LogP contribution in [-0.2, 0) is 27.2 Å². The van der Waals surface area contributed by atoms with Crippen LogP contribution < -0.4 is 4.72 Å². The number of hydrogen-bond donors (Lipinski definition) is 1. The van der Waals surface area contributed by atoms with Gasteiger partial charge in [-0.25, -0.2) is 0 Å². The lowest BCUT2D eigenvalue weighted by molar-refractivity contribution is -0.143. The second kappa shape index (κ2) is 7.03. The van der Waals surface area contributed by atoms with Gasteiger partial charge in [0.25, 0.3) is 0 Å². The Kier molecular flexibility index (Phi) is 5.65. The molecule has 0 heterocycles. The van der Waals surface area contributed by atoms with Gasteiger partial charge in [0.1, 0.15) is 0 Å². The van der Waals surface area contributed by atoms with Gasteiger partial charge in [-0.05, 0) is 31.0 Å². The van der Waals surface area contributed by atoms with E-state index < -0.39 is 11.3 Å². The van der Waals surface area contributed by atoms with Crippen molar-refractivity contribution >= 4 is 22.9 Å². The smallest absolute Gasteiger partial charge is 0.306 e. The summed E-state index contributed by atoms with van der Waals surface area (Å²) in [5.74, 6) is -0.227. The van der Waals surface area contributed by atoms with Crippen LogP contribution >= 0.6 is 0 Å². The highest BCUT2D eigenvalue weighted by atomic mass is 32.2. The number of aryl methyl sites for hydroxylation is 1. The lowest BCUT2D eigenvalue weighted by atomic mass is 10.1. The molecule has 0 saturated carbocycles. The van der Waals surface area contributed by atoms with Crippen molar-refractivity contribution in [2.45, 2.75) is 19.8 Å². The minimum Gasteiger partial charge on any atom is -0.755 e. The Balaban J connectivity index is 2.45.